The lowest BCUT2D eigenvalue weighted by Crippen LogP contribution is -2.38. The zero-order valence-electron chi connectivity index (χ0n) is 9.04. The van der Waals surface area contributed by atoms with Crippen LogP contribution in [-0.2, 0) is 10.2 Å². The lowest BCUT2D eigenvalue weighted by molar-refractivity contribution is 0.558. The molecule has 0 aromatic heterocycles. The Kier molecular flexibility index (Phi) is 5.52. The molecule has 1 fully saturated rings. The molecule has 15 heavy (non-hydrogen) atoms. The van der Waals surface area contributed by atoms with Crippen LogP contribution in [0.1, 0.15) is 38.5 Å². The van der Waals surface area contributed by atoms with Crippen molar-refractivity contribution in [3.05, 3.63) is 0 Å². The molecule has 0 atom stereocenters. The minimum absolute atomic E-state index is 0.180. The van der Waals surface area contributed by atoms with Crippen LogP contribution in [0.25, 0.3) is 0 Å². The average molecular weight is 235 g/mol. The molecule has 0 spiro atoms. The Labute approximate surface area is 92.0 Å². The van der Waals surface area contributed by atoms with E-state index in [-0.39, 0.29) is 6.04 Å². The smallest absolute Gasteiger partial charge is 0.277 e. The van der Waals surface area contributed by atoms with E-state index >= 15 is 0 Å². The van der Waals surface area contributed by atoms with Gasteiger partial charge in [-0.15, -0.1) is 0 Å². The highest BCUT2D eigenvalue weighted by Gasteiger charge is 2.26. The predicted molar refractivity (Wildman–Crippen MR) is 60.6 cm³/mol. The van der Waals surface area contributed by atoms with Crippen LogP contribution >= 0.6 is 0 Å². The molecule has 0 bridgehead atoms. The zero-order chi connectivity index (χ0) is 11.1. The summed E-state index contributed by atoms with van der Waals surface area (Å²) in [6.07, 6.45) is 5.95. The number of nitrogens with one attached hydrogen (secondary N) is 2. The fourth-order valence-corrected chi connectivity index (χ4v) is 2.46. The summed E-state index contributed by atoms with van der Waals surface area (Å²) in [6, 6.07) is 0.180. The van der Waals surface area contributed by atoms with Crippen LogP contribution in [0.15, 0.2) is 0 Å². The molecule has 4 N–H and O–H groups in total. The van der Waals surface area contributed by atoms with Gasteiger partial charge in [0.2, 0.25) is 0 Å². The average Bonchev–Trinajstić information content (AvgIpc) is 2.94. The van der Waals surface area contributed by atoms with E-state index in [0.717, 1.165) is 45.1 Å². The minimum atomic E-state index is -3.24. The first-order chi connectivity index (χ1) is 7.14. The summed E-state index contributed by atoms with van der Waals surface area (Å²) in [5, 5.41) is 0. The van der Waals surface area contributed by atoms with Crippen molar-refractivity contribution in [3.63, 3.8) is 0 Å². The van der Waals surface area contributed by atoms with Crippen molar-refractivity contribution < 1.29 is 8.42 Å². The van der Waals surface area contributed by atoms with Crippen molar-refractivity contribution in [2.75, 3.05) is 13.1 Å². The number of rotatable bonds is 9. The van der Waals surface area contributed by atoms with Gasteiger partial charge in [-0.25, -0.2) is 4.72 Å². The molecule has 0 unspecified atom stereocenters. The molecule has 0 aromatic carbocycles. The van der Waals surface area contributed by atoms with Gasteiger partial charge in [0, 0.05) is 12.6 Å². The van der Waals surface area contributed by atoms with Gasteiger partial charge in [-0.3, -0.25) is 0 Å². The van der Waals surface area contributed by atoms with Crippen LogP contribution in [0.2, 0.25) is 0 Å². The van der Waals surface area contributed by atoms with Crippen molar-refractivity contribution in [2.24, 2.45) is 5.73 Å². The van der Waals surface area contributed by atoms with E-state index in [1.54, 1.807) is 0 Å². The molecule has 0 aliphatic heterocycles. The second-order valence-corrected chi connectivity index (χ2v) is 5.52. The van der Waals surface area contributed by atoms with Crippen LogP contribution in [0.4, 0.5) is 0 Å². The lowest BCUT2D eigenvalue weighted by Gasteiger charge is -2.06. The van der Waals surface area contributed by atoms with Gasteiger partial charge in [0.15, 0.2) is 0 Å². The maximum absolute atomic E-state index is 11.3. The van der Waals surface area contributed by atoms with Gasteiger partial charge in [-0.1, -0.05) is 12.8 Å². The second-order valence-electron chi connectivity index (χ2n) is 3.99. The number of unbranched alkanes of at least 4 members (excludes halogenated alkanes) is 3. The minimum Gasteiger partial charge on any atom is -0.330 e. The van der Waals surface area contributed by atoms with E-state index in [2.05, 4.69) is 9.44 Å². The topological polar surface area (TPSA) is 84.2 Å². The maximum atomic E-state index is 11.3. The fourth-order valence-electron chi connectivity index (χ4n) is 1.29. The quantitative estimate of drug-likeness (QED) is 0.495. The third-order valence-electron chi connectivity index (χ3n) is 2.32. The summed E-state index contributed by atoms with van der Waals surface area (Å²) < 4.78 is 27.8. The van der Waals surface area contributed by atoms with Crippen LogP contribution in [0, 0.1) is 0 Å². The first-order valence-electron chi connectivity index (χ1n) is 5.61. The van der Waals surface area contributed by atoms with Crippen LogP contribution in [-0.4, -0.2) is 27.5 Å². The van der Waals surface area contributed by atoms with E-state index in [0.29, 0.717) is 6.54 Å². The van der Waals surface area contributed by atoms with Crippen molar-refractivity contribution in [1.29, 1.82) is 0 Å². The number of hydrogen-bond donors (Lipinski definition) is 3. The highest BCUT2D eigenvalue weighted by Crippen LogP contribution is 2.19. The van der Waals surface area contributed by atoms with E-state index in [1.807, 2.05) is 0 Å². The molecule has 0 heterocycles. The molecule has 0 radical (unpaired) electrons. The fraction of sp³-hybridized carbons (Fsp3) is 1.00. The summed E-state index contributed by atoms with van der Waals surface area (Å²) in [7, 11) is -3.24. The summed E-state index contributed by atoms with van der Waals surface area (Å²) in [6.45, 7) is 1.24. The van der Waals surface area contributed by atoms with Crippen LogP contribution in [0.5, 0.6) is 0 Å². The van der Waals surface area contributed by atoms with Crippen molar-refractivity contribution in [3.8, 4) is 0 Å². The standard InChI is InChI=1S/C9H21N3O2S/c10-7-3-1-2-4-8-11-15(13,14)12-9-5-6-9/h9,11-12H,1-8,10H2. The third kappa shape index (κ3) is 6.83. The Balaban J connectivity index is 1.98. The normalized spacial score (nSPS) is 16.9. The molecular formula is C9H21N3O2S. The molecule has 1 saturated carbocycles. The summed E-state index contributed by atoms with van der Waals surface area (Å²) in [5.74, 6) is 0. The van der Waals surface area contributed by atoms with Gasteiger partial charge in [0.25, 0.3) is 10.2 Å². The molecular weight excluding hydrogens is 214 g/mol. The second kappa shape index (κ2) is 6.42. The third-order valence-corrected chi connectivity index (χ3v) is 3.55. The van der Waals surface area contributed by atoms with Crippen LogP contribution in [0.3, 0.4) is 0 Å². The predicted octanol–water partition coefficient (Wildman–Crippen LogP) is 0.0919. The summed E-state index contributed by atoms with van der Waals surface area (Å²) in [5.41, 5.74) is 5.35. The number of nitrogens with two attached hydrogens (primary N) is 1. The first-order valence-corrected chi connectivity index (χ1v) is 7.09. The van der Waals surface area contributed by atoms with Crippen molar-refractivity contribution >= 4 is 10.2 Å². The van der Waals surface area contributed by atoms with E-state index in [1.165, 1.54) is 0 Å². The van der Waals surface area contributed by atoms with Gasteiger partial charge in [0.1, 0.15) is 0 Å². The molecule has 0 aromatic rings. The van der Waals surface area contributed by atoms with Gasteiger partial charge in [-0.2, -0.15) is 13.1 Å². The van der Waals surface area contributed by atoms with E-state index < -0.39 is 10.2 Å². The lowest BCUT2D eigenvalue weighted by atomic mass is 10.2. The molecule has 1 aliphatic carbocycles. The number of hydrogen-bond acceptors (Lipinski definition) is 3. The van der Waals surface area contributed by atoms with Crippen molar-refractivity contribution in [2.45, 2.75) is 44.6 Å². The summed E-state index contributed by atoms with van der Waals surface area (Å²) >= 11 is 0. The summed E-state index contributed by atoms with van der Waals surface area (Å²) in [4.78, 5) is 0. The Morgan fingerprint density at radius 1 is 1.13 bits per heavy atom. The highest BCUT2D eigenvalue weighted by molar-refractivity contribution is 7.87. The Bertz CT molecular complexity index is 263. The Morgan fingerprint density at radius 2 is 1.80 bits per heavy atom. The maximum Gasteiger partial charge on any atom is 0.277 e. The molecule has 1 aliphatic rings. The van der Waals surface area contributed by atoms with Crippen LogP contribution < -0.4 is 15.2 Å². The SMILES string of the molecule is NCCCCCCNS(=O)(=O)NC1CC1. The molecule has 1 rings (SSSR count). The van der Waals surface area contributed by atoms with Gasteiger partial charge < -0.3 is 5.73 Å². The Hall–Kier alpha value is -0.170. The van der Waals surface area contributed by atoms with Crippen molar-refractivity contribution in [1.82, 2.24) is 9.44 Å². The monoisotopic (exact) mass is 235 g/mol. The largest absolute Gasteiger partial charge is 0.330 e. The molecule has 5 nitrogen and oxygen atoms in total. The molecule has 6 heteroatoms. The molecule has 0 amide bonds. The van der Waals surface area contributed by atoms with Gasteiger partial charge in [0.05, 0.1) is 0 Å². The molecule has 90 valence electrons. The zero-order valence-corrected chi connectivity index (χ0v) is 9.85. The first kappa shape index (κ1) is 12.9. The van der Waals surface area contributed by atoms with Gasteiger partial charge >= 0.3 is 0 Å². The van der Waals surface area contributed by atoms with E-state index in [4.69, 9.17) is 5.73 Å². The highest BCUT2D eigenvalue weighted by atomic mass is 32.2. The van der Waals surface area contributed by atoms with Gasteiger partial charge in [-0.05, 0) is 32.2 Å². The molecule has 0 saturated heterocycles. The van der Waals surface area contributed by atoms with E-state index in [9.17, 15) is 8.42 Å². The Morgan fingerprint density at radius 3 is 2.40 bits per heavy atom.